The van der Waals surface area contributed by atoms with Crippen molar-refractivity contribution in [3.8, 4) is 11.3 Å². The molecule has 1 aliphatic rings. The van der Waals surface area contributed by atoms with E-state index < -0.39 is 5.97 Å². The van der Waals surface area contributed by atoms with E-state index in [2.05, 4.69) is 15.0 Å². The minimum atomic E-state index is -0.960. The average Bonchev–Trinajstić information content (AvgIpc) is 3.22. The van der Waals surface area contributed by atoms with Crippen LogP contribution in [0, 0.1) is 0 Å². The van der Waals surface area contributed by atoms with Gasteiger partial charge in [-0.3, -0.25) is 4.98 Å². The summed E-state index contributed by atoms with van der Waals surface area (Å²) in [6, 6.07) is 14.4. The highest BCUT2D eigenvalue weighted by Crippen LogP contribution is 2.30. The van der Waals surface area contributed by atoms with Crippen LogP contribution in [-0.2, 0) is 4.74 Å². The zero-order valence-corrected chi connectivity index (χ0v) is 17.3. The van der Waals surface area contributed by atoms with E-state index in [1.807, 2.05) is 40.9 Å². The second-order valence-corrected chi connectivity index (χ2v) is 7.37. The van der Waals surface area contributed by atoms with Crippen molar-refractivity contribution in [3.63, 3.8) is 0 Å². The van der Waals surface area contributed by atoms with E-state index in [0.717, 1.165) is 47.1 Å². The predicted molar refractivity (Wildman–Crippen MR) is 122 cm³/mol. The highest BCUT2D eigenvalue weighted by Gasteiger charge is 2.20. The van der Waals surface area contributed by atoms with Crippen molar-refractivity contribution in [1.29, 1.82) is 0 Å². The lowest BCUT2D eigenvalue weighted by atomic mass is 10.1. The van der Waals surface area contributed by atoms with Crippen LogP contribution in [0.4, 0.5) is 5.69 Å². The van der Waals surface area contributed by atoms with Gasteiger partial charge in [-0.15, -0.1) is 0 Å². The number of imidazole rings is 1. The Kier molecular flexibility index (Phi) is 5.35. The van der Waals surface area contributed by atoms with Gasteiger partial charge in [0.15, 0.2) is 5.65 Å². The van der Waals surface area contributed by atoms with Crippen molar-refractivity contribution in [3.05, 3.63) is 77.9 Å². The molecule has 1 N–H and O–H groups in total. The molecule has 0 aliphatic carbocycles. The molecule has 1 aliphatic heterocycles. The summed E-state index contributed by atoms with van der Waals surface area (Å²) in [7, 11) is 0. The average molecular weight is 427 g/mol. The maximum absolute atomic E-state index is 11.3. The number of fused-ring (bicyclic) bond motifs is 1. The highest BCUT2D eigenvalue weighted by atomic mass is 16.5. The number of hydrogen-bond donors (Lipinski definition) is 1. The fourth-order valence-electron chi connectivity index (χ4n) is 3.80. The third-order valence-corrected chi connectivity index (χ3v) is 5.38. The summed E-state index contributed by atoms with van der Waals surface area (Å²) < 4.78 is 7.32. The van der Waals surface area contributed by atoms with Crippen LogP contribution in [0.5, 0.6) is 0 Å². The highest BCUT2D eigenvalue weighted by molar-refractivity contribution is 5.89. The number of nitrogens with zero attached hydrogens (tertiary/aromatic N) is 5. The van der Waals surface area contributed by atoms with E-state index in [-0.39, 0.29) is 5.56 Å². The van der Waals surface area contributed by atoms with Gasteiger partial charge in [0, 0.05) is 24.8 Å². The second kappa shape index (κ2) is 8.60. The van der Waals surface area contributed by atoms with Gasteiger partial charge in [-0.1, -0.05) is 18.2 Å². The summed E-state index contributed by atoms with van der Waals surface area (Å²) in [5.74, 6) is -0.960. The predicted octanol–water partition coefficient (Wildman–Crippen LogP) is 3.50. The summed E-state index contributed by atoms with van der Waals surface area (Å²) in [5.41, 5.74) is 5.13. The van der Waals surface area contributed by atoms with Crippen molar-refractivity contribution < 1.29 is 14.6 Å². The van der Waals surface area contributed by atoms with Crippen molar-refractivity contribution in [2.24, 2.45) is 0 Å². The lowest BCUT2D eigenvalue weighted by Crippen LogP contribution is -2.36. The number of anilines is 1. The Morgan fingerprint density at radius 1 is 1.00 bits per heavy atom. The number of carboxylic acids is 1. The Bertz CT molecular complexity index is 1280. The molecule has 1 fully saturated rings. The van der Waals surface area contributed by atoms with Gasteiger partial charge < -0.3 is 14.7 Å². The Hall–Kier alpha value is -4.04. The first kappa shape index (κ1) is 19.9. The Balaban J connectivity index is 1.66. The summed E-state index contributed by atoms with van der Waals surface area (Å²) in [4.78, 5) is 22.8. The molecule has 4 heterocycles. The van der Waals surface area contributed by atoms with Crippen molar-refractivity contribution >= 4 is 29.5 Å². The molecule has 8 heteroatoms. The van der Waals surface area contributed by atoms with Crippen molar-refractivity contribution in [2.75, 3.05) is 31.2 Å². The third-order valence-electron chi connectivity index (χ3n) is 5.38. The molecule has 1 aromatic carbocycles. The number of aromatic nitrogens is 4. The molecule has 3 aromatic heterocycles. The molecule has 0 unspecified atom stereocenters. The van der Waals surface area contributed by atoms with E-state index in [4.69, 9.17) is 9.72 Å². The van der Waals surface area contributed by atoms with Gasteiger partial charge in [-0.2, -0.15) is 5.10 Å². The summed E-state index contributed by atoms with van der Waals surface area (Å²) >= 11 is 0. The Morgan fingerprint density at radius 3 is 2.53 bits per heavy atom. The van der Waals surface area contributed by atoms with Crippen LogP contribution in [-0.4, -0.2) is 57.0 Å². The SMILES string of the molecule is O=C(O)c1ccc(-c2c(C=Cc3ccccn3)nc3c(N4CCOCC4)ccnn23)cc1. The third kappa shape index (κ3) is 3.83. The van der Waals surface area contributed by atoms with Crippen LogP contribution in [0.1, 0.15) is 21.7 Å². The molecule has 4 aromatic rings. The number of benzene rings is 1. The molecule has 0 saturated carbocycles. The minimum absolute atomic E-state index is 0.232. The van der Waals surface area contributed by atoms with E-state index in [1.54, 1.807) is 36.7 Å². The largest absolute Gasteiger partial charge is 0.478 e. The minimum Gasteiger partial charge on any atom is -0.478 e. The molecule has 5 rings (SSSR count). The molecular weight excluding hydrogens is 406 g/mol. The first-order chi connectivity index (χ1) is 15.7. The van der Waals surface area contributed by atoms with E-state index >= 15 is 0 Å². The molecule has 0 atom stereocenters. The smallest absolute Gasteiger partial charge is 0.335 e. The van der Waals surface area contributed by atoms with Crippen LogP contribution in [0.15, 0.2) is 60.9 Å². The zero-order chi connectivity index (χ0) is 21.9. The molecule has 8 nitrogen and oxygen atoms in total. The van der Waals surface area contributed by atoms with Gasteiger partial charge >= 0.3 is 5.97 Å². The van der Waals surface area contributed by atoms with Gasteiger partial charge in [0.1, 0.15) is 5.69 Å². The number of hydrogen-bond acceptors (Lipinski definition) is 6. The Labute approximate surface area is 184 Å². The quantitative estimate of drug-likeness (QED) is 0.521. The molecule has 0 bridgehead atoms. The lowest BCUT2D eigenvalue weighted by molar-refractivity contribution is 0.0697. The topological polar surface area (TPSA) is 92.8 Å². The molecule has 0 spiro atoms. The maximum Gasteiger partial charge on any atom is 0.335 e. The second-order valence-electron chi connectivity index (χ2n) is 7.37. The normalized spacial score (nSPS) is 14.3. The van der Waals surface area contributed by atoms with E-state index in [9.17, 15) is 9.90 Å². The van der Waals surface area contributed by atoms with Crippen LogP contribution in [0.25, 0.3) is 29.1 Å². The molecule has 0 amide bonds. The summed E-state index contributed by atoms with van der Waals surface area (Å²) in [6.45, 7) is 2.92. The molecule has 1 saturated heterocycles. The van der Waals surface area contributed by atoms with Crippen LogP contribution in [0.3, 0.4) is 0 Å². The molecule has 160 valence electrons. The molecule has 32 heavy (non-hydrogen) atoms. The lowest BCUT2D eigenvalue weighted by Gasteiger charge is -2.28. The van der Waals surface area contributed by atoms with E-state index in [0.29, 0.717) is 13.2 Å². The number of pyridine rings is 1. The van der Waals surface area contributed by atoms with Gasteiger partial charge in [-0.05, 0) is 42.5 Å². The van der Waals surface area contributed by atoms with Crippen molar-refractivity contribution in [2.45, 2.75) is 0 Å². The maximum atomic E-state index is 11.3. The number of carbonyl (C=O) groups is 1. The number of morpholine rings is 1. The van der Waals surface area contributed by atoms with E-state index in [1.165, 1.54) is 0 Å². The van der Waals surface area contributed by atoms with Crippen LogP contribution < -0.4 is 4.90 Å². The van der Waals surface area contributed by atoms with Gasteiger partial charge in [0.05, 0.1) is 42.0 Å². The number of aromatic carboxylic acids is 1. The van der Waals surface area contributed by atoms with Gasteiger partial charge in [0.25, 0.3) is 0 Å². The monoisotopic (exact) mass is 427 g/mol. The standard InChI is InChI=1S/C24H21N5O3/c30-24(31)18-6-4-17(5-7-18)22-20(9-8-19-3-1-2-11-25-19)27-23-21(10-12-26-29(22)23)28-13-15-32-16-14-28/h1-12H,13-16H2,(H,30,31). The van der Waals surface area contributed by atoms with Gasteiger partial charge in [-0.25, -0.2) is 14.3 Å². The van der Waals surface area contributed by atoms with Crippen molar-refractivity contribution in [1.82, 2.24) is 19.6 Å². The molecular formula is C24H21N5O3. The summed E-state index contributed by atoms with van der Waals surface area (Å²) in [5, 5.41) is 13.8. The number of carboxylic acid groups (broad SMARTS) is 1. The Morgan fingerprint density at radius 2 is 1.81 bits per heavy atom. The summed E-state index contributed by atoms with van der Waals surface area (Å²) in [6.07, 6.45) is 7.33. The van der Waals surface area contributed by atoms with Crippen LogP contribution in [0.2, 0.25) is 0 Å². The number of ether oxygens (including phenoxy) is 1. The fourth-order valence-corrected chi connectivity index (χ4v) is 3.80. The number of rotatable bonds is 5. The molecule has 0 radical (unpaired) electrons. The first-order valence-corrected chi connectivity index (χ1v) is 10.3. The first-order valence-electron chi connectivity index (χ1n) is 10.3. The van der Waals surface area contributed by atoms with Crippen LogP contribution >= 0.6 is 0 Å². The zero-order valence-electron chi connectivity index (χ0n) is 17.3. The van der Waals surface area contributed by atoms with Gasteiger partial charge in [0.2, 0.25) is 0 Å². The fraction of sp³-hybridized carbons (Fsp3) is 0.167.